The van der Waals surface area contributed by atoms with Crippen LogP contribution >= 0.6 is 24.0 Å². The van der Waals surface area contributed by atoms with Gasteiger partial charge in [0.05, 0.1) is 19.8 Å². The lowest BCUT2D eigenvalue weighted by Crippen LogP contribution is -2.43. The van der Waals surface area contributed by atoms with E-state index in [1.165, 1.54) is 0 Å². The number of nitrogens with one attached hydrogen (secondary N) is 2. The molecule has 0 saturated heterocycles. The molecule has 25 heavy (non-hydrogen) atoms. The van der Waals surface area contributed by atoms with E-state index in [-0.39, 0.29) is 30.0 Å². The zero-order valence-electron chi connectivity index (χ0n) is 15.7. The number of hydrogen-bond acceptors (Lipinski definition) is 4. The molecule has 0 saturated carbocycles. The van der Waals surface area contributed by atoms with Crippen LogP contribution in [0, 0.1) is 0 Å². The number of ether oxygens (including phenoxy) is 3. The average molecular weight is 465 g/mol. The summed E-state index contributed by atoms with van der Waals surface area (Å²) in [6.07, 6.45) is 0.880. The molecule has 1 atom stereocenters. The summed E-state index contributed by atoms with van der Waals surface area (Å²) >= 11 is 0. The molecule has 0 spiro atoms. The summed E-state index contributed by atoms with van der Waals surface area (Å²) in [4.78, 5) is 4.62. The first-order valence-electron chi connectivity index (χ1n) is 8.44. The molecular weight excluding hydrogens is 433 g/mol. The van der Waals surface area contributed by atoms with Gasteiger partial charge in [0.1, 0.15) is 5.75 Å². The van der Waals surface area contributed by atoms with Gasteiger partial charge in [-0.15, -0.1) is 24.0 Å². The molecule has 0 bridgehead atoms. The SMILES string of the molecule is CCNC(=NCc1cccc(OCCCOC)c1)NC(C)COC.I. The van der Waals surface area contributed by atoms with E-state index in [4.69, 9.17) is 14.2 Å². The molecule has 7 heteroatoms. The predicted octanol–water partition coefficient (Wildman–Crippen LogP) is 2.81. The third-order valence-electron chi connectivity index (χ3n) is 3.22. The summed E-state index contributed by atoms with van der Waals surface area (Å²) in [5.74, 6) is 1.65. The van der Waals surface area contributed by atoms with Gasteiger partial charge in [0.15, 0.2) is 5.96 Å². The van der Waals surface area contributed by atoms with Gasteiger partial charge in [-0.25, -0.2) is 4.99 Å². The van der Waals surface area contributed by atoms with Crippen molar-refractivity contribution in [1.29, 1.82) is 0 Å². The minimum absolute atomic E-state index is 0. The number of nitrogens with zero attached hydrogens (tertiary/aromatic N) is 1. The van der Waals surface area contributed by atoms with Crippen molar-refractivity contribution in [3.8, 4) is 5.75 Å². The third-order valence-corrected chi connectivity index (χ3v) is 3.22. The normalized spacial score (nSPS) is 12.2. The van der Waals surface area contributed by atoms with Crippen LogP contribution in [0.2, 0.25) is 0 Å². The second-order valence-corrected chi connectivity index (χ2v) is 5.54. The molecule has 0 heterocycles. The summed E-state index contributed by atoms with van der Waals surface area (Å²) in [6, 6.07) is 8.23. The van der Waals surface area contributed by atoms with Crippen molar-refractivity contribution >= 4 is 29.9 Å². The largest absolute Gasteiger partial charge is 0.493 e. The number of benzene rings is 1. The van der Waals surface area contributed by atoms with Gasteiger partial charge in [-0.3, -0.25) is 0 Å². The van der Waals surface area contributed by atoms with E-state index in [1.54, 1.807) is 14.2 Å². The molecule has 0 aromatic heterocycles. The topological polar surface area (TPSA) is 64.1 Å². The van der Waals surface area contributed by atoms with E-state index in [9.17, 15) is 0 Å². The lowest BCUT2D eigenvalue weighted by atomic mass is 10.2. The summed E-state index contributed by atoms with van der Waals surface area (Å²) in [6.45, 7) is 7.51. The van der Waals surface area contributed by atoms with E-state index in [0.29, 0.717) is 26.4 Å². The predicted molar refractivity (Wildman–Crippen MR) is 113 cm³/mol. The third kappa shape index (κ3) is 11.2. The van der Waals surface area contributed by atoms with E-state index >= 15 is 0 Å². The van der Waals surface area contributed by atoms with Crippen molar-refractivity contribution in [2.45, 2.75) is 32.9 Å². The van der Waals surface area contributed by atoms with Crippen molar-refractivity contribution in [3.63, 3.8) is 0 Å². The quantitative estimate of drug-likeness (QED) is 0.228. The zero-order chi connectivity index (χ0) is 17.6. The van der Waals surface area contributed by atoms with Gasteiger partial charge in [-0.05, 0) is 31.5 Å². The minimum Gasteiger partial charge on any atom is -0.493 e. The van der Waals surface area contributed by atoms with E-state index in [1.807, 2.05) is 31.2 Å². The molecule has 0 amide bonds. The lowest BCUT2D eigenvalue weighted by Gasteiger charge is -2.17. The molecule has 6 nitrogen and oxygen atoms in total. The van der Waals surface area contributed by atoms with Crippen LogP contribution in [0.4, 0.5) is 0 Å². The first-order valence-corrected chi connectivity index (χ1v) is 8.44. The van der Waals surface area contributed by atoms with Gasteiger partial charge in [0, 0.05) is 39.8 Å². The number of guanidine groups is 1. The van der Waals surface area contributed by atoms with Crippen LogP contribution in [0.1, 0.15) is 25.8 Å². The maximum absolute atomic E-state index is 5.72. The fourth-order valence-corrected chi connectivity index (χ4v) is 2.14. The van der Waals surface area contributed by atoms with E-state index in [2.05, 4.69) is 22.5 Å². The average Bonchev–Trinajstić information content (AvgIpc) is 2.57. The Kier molecular flexibility index (Phi) is 14.6. The molecule has 1 aromatic carbocycles. The van der Waals surface area contributed by atoms with Gasteiger partial charge >= 0.3 is 0 Å². The van der Waals surface area contributed by atoms with Gasteiger partial charge in [-0.1, -0.05) is 12.1 Å². The number of rotatable bonds is 11. The Balaban J connectivity index is 0.00000576. The van der Waals surface area contributed by atoms with Crippen LogP contribution in [-0.2, 0) is 16.0 Å². The van der Waals surface area contributed by atoms with Crippen molar-refractivity contribution < 1.29 is 14.2 Å². The molecule has 0 fully saturated rings. The number of aliphatic imine (C=N–C) groups is 1. The van der Waals surface area contributed by atoms with Crippen LogP contribution in [0.25, 0.3) is 0 Å². The summed E-state index contributed by atoms with van der Waals surface area (Å²) in [7, 11) is 3.39. The van der Waals surface area contributed by atoms with E-state index < -0.39 is 0 Å². The standard InChI is InChI=1S/C18H31N3O3.HI/c1-5-19-18(21-15(2)14-23-4)20-13-16-8-6-9-17(12-16)24-11-7-10-22-3;/h6,8-9,12,15H,5,7,10-11,13-14H2,1-4H3,(H2,19,20,21);1H. The molecule has 0 radical (unpaired) electrons. The first kappa shape index (κ1) is 23.9. The molecule has 1 unspecified atom stereocenters. The van der Waals surface area contributed by atoms with E-state index in [0.717, 1.165) is 30.2 Å². The van der Waals surface area contributed by atoms with Crippen molar-refractivity contribution in [1.82, 2.24) is 10.6 Å². The minimum atomic E-state index is 0. The van der Waals surface area contributed by atoms with Crippen molar-refractivity contribution in [3.05, 3.63) is 29.8 Å². The molecule has 144 valence electrons. The molecule has 0 aliphatic carbocycles. The van der Waals surface area contributed by atoms with Gasteiger partial charge in [0.2, 0.25) is 0 Å². The van der Waals surface area contributed by atoms with Crippen LogP contribution in [0.3, 0.4) is 0 Å². The Labute approximate surface area is 168 Å². The Bertz CT molecular complexity index is 486. The fourth-order valence-electron chi connectivity index (χ4n) is 2.14. The zero-order valence-corrected chi connectivity index (χ0v) is 18.0. The highest BCUT2D eigenvalue weighted by molar-refractivity contribution is 14.0. The number of halogens is 1. The Morgan fingerprint density at radius 3 is 2.68 bits per heavy atom. The van der Waals surface area contributed by atoms with Crippen LogP contribution in [0.15, 0.2) is 29.3 Å². The number of methoxy groups -OCH3 is 2. The monoisotopic (exact) mass is 465 g/mol. The maximum Gasteiger partial charge on any atom is 0.191 e. The van der Waals surface area contributed by atoms with Crippen LogP contribution in [0.5, 0.6) is 5.75 Å². The summed E-state index contributed by atoms with van der Waals surface area (Å²) in [5, 5.41) is 6.56. The molecule has 1 aromatic rings. The molecule has 0 aliphatic heterocycles. The summed E-state index contributed by atoms with van der Waals surface area (Å²) in [5.41, 5.74) is 1.11. The summed E-state index contributed by atoms with van der Waals surface area (Å²) < 4.78 is 15.9. The fraction of sp³-hybridized carbons (Fsp3) is 0.611. The smallest absolute Gasteiger partial charge is 0.191 e. The lowest BCUT2D eigenvalue weighted by molar-refractivity contribution is 0.172. The van der Waals surface area contributed by atoms with Crippen molar-refractivity contribution in [2.75, 3.05) is 40.6 Å². The molecule has 1 rings (SSSR count). The highest BCUT2D eigenvalue weighted by Crippen LogP contribution is 2.14. The number of hydrogen-bond donors (Lipinski definition) is 2. The highest BCUT2D eigenvalue weighted by Gasteiger charge is 2.04. The second-order valence-electron chi connectivity index (χ2n) is 5.54. The highest BCUT2D eigenvalue weighted by atomic mass is 127. The van der Waals surface area contributed by atoms with Gasteiger partial charge in [0.25, 0.3) is 0 Å². The Morgan fingerprint density at radius 1 is 1.20 bits per heavy atom. The second kappa shape index (κ2) is 15.2. The van der Waals surface area contributed by atoms with Crippen LogP contribution in [-0.4, -0.2) is 52.6 Å². The van der Waals surface area contributed by atoms with Crippen LogP contribution < -0.4 is 15.4 Å². The molecule has 2 N–H and O–H groups in total. The first-order chi connectivity index (χ1) is 11.7. The van der Waals surface area contributed by atoms with Crippen molar-refractivity contribution in [2.24, 2.45) is 4.99 Å². The molecule has 0 aliphatic rings. The Morgan fingerprint density at radius 2 is 2.00 bits per heavy atom. The molecular formula is C18H32IN3O3. The Hall–Kier alpha value is -1.06. The maximum atomic E-state index is 5.72. The van der Waals surface area contributed by atoms with Gasteiger partial charge in [-0.2, -0.15) is 0 Å². The van der Waals surface area contributed by atoms with Gasteiger partial charge < -0.3 is 24.8 Å².